The quantitative estimate of drug-likeness (QED) is 0.810. The summed E-state index contributed by atoms with van der Waals surface area (Å²) in [5.41, 5.74) is 3.09. The molecule has 0 fully saturated rings. The minimum absolute atomic E-state index is 0.0122. The molecule has 0 bridgehead atoms. The second-order valence-corrected chi connectivity index (χ2v) is 7.05. The van der Waals surface area contributed by atoms with Crippen molar-refractivity contribution in [1.29, 1.82) is 0 Å². The summed E-state index contributed by atoms with van der Waals surface area (Å²) in [6, 6.07) is 13.7. The van der Waals surface area contributed by atoms with Gasteiger partial charge < -0.3 is 19.7 Å². The first-order valence-corrected chi connectivity index (χ1v) is 9.53. The predicted molar refractivity (Wildman–Crippen MR) is 108 cm³/mol. The molecular formula is C22H28N2O3. The third-order valence-electron chi connectivity index (χ3n) is 4.70. The van der Waals surface area contributed by atoms with Crippen LogP contribution < -0.4 is 19.7 Å². The minimum atomic E-state index is 0.0122. The summed E-state index contributed by atoms with van der Waals surface area (Å²) < 4.78 is 11.0. The Morgan fingerprint density at radius 2 is 1.89 bits per heavy atom. The van der Waals surface area contributed by atoms with Crippen LogP contribution in [0.4, 0.5) is 5.69 Å². The molecule has 0 saturated heterocycles. The molecular weight excluding hydrogens is 340 g/mol. The number of anilines is 1. The van der Waals surface area contributed by atoms with Crippen LogP contribution in [0.15, 0.2) is 42.5 Å². The van der Waals surface area contributed by atoms with Gasteiger partial charge in [-0.05, 0) is 68.7 Å². The molecule has 1 aliphatic rings. The number of methoxy groups -OCH3 is 1. The van der Waals surface area contributed by atoms with Gasteiger partial charge in [-0.1, -0.05) is 6.07 Å². The Hall–Kier alpha value is -2.69. The third-order valence-corrected chi connectivity index (χ3v) is 4.70. The summed E-state index contributed by atoms with van der Waals surface area (Å²) in [5, 5.41) is 3.01. The van der Waals surface area contributed by atoms with E-state index in [1.807, 2.05) is 50.2 Å². The van der Waals surface area contributed by atoms with E-state index in [2.05, 4.69) is 16.3 Å². The first-order chi connectivity index (χ1) is 13.1. The van der Waals surface area contributed by atoms with Crippen molar-refractivity contribution in [3.63, 3.8) is 0 Å². The second-order valence-electron chi connectivity index (χ2n) is 7.05. The lowest BCUT2D eigenvalue weighted by atomic mass is 9.95. The number of hydrogen-bond acceptors (Lipinski definition) is 4. The molecule has 5 nitrogen and oxygen atoms in total. The van der Waals surface area contributed by atoms with Gasteiger partial charge in [-0.3, -0.25) is 4.79 Å². The first kappa shape index (κ1) is 19.1. The summed E-state index contributed by atoms with van der Waals surface area (Å²) in [5.74, 6) is 1.66. The van der Waals surface area contributed by atoms with Gasteiger partial charge in [-0.2, -0.15) is 0 Å². The number of hydrogen-bond donors (Lipinski definition) is 1. The molecule has 0 atom stereocenters. The average Bonchev–Trinajstić information content (AvgIpc) is 2.67. The fourth-order valence-electron chi connectivity index (χ4n) is 3.43. The van der Waals surface area contributed by atoms with Crippen LogP contribution in [0, 0.1) is 0 Å². The maximum absolute atomic E-state index is 12.5. The molecule has 1 heterocycles. The number of carbonyl (C=O) groups is 1. The summed E-state index contributed by atoms with van der Waals surface area (Å²) in [7, 11) is 1.65. The summed E-state index contributed by atoms with van der Waals surface area (Å²) in [4.78, 5) is 14.8. The normalized spacial score (nSPS) is 13.3. The topological polar surface area (TPSA) is 50.8 Å². The Morgan fingerprint density at radius 3 is 2.59 bits per heavy atom. The van der Waals surface area contributed by atoms with Crippen molar-refractivity contribution in [3.05, 3.63) is 53.6 Å². The lowest BCUT2D eigenvalue weighted by molar-refractivity contribution is 0.0942. The average molecular weight is 368 g/mol. The highest BCUT2D eigenvalue weighted by Crippen LogP contribution is 2.30. The van der Waals surface area contributed by atoms with Crippen LogP contribution in [0.1, 0.15) is 36.2 Å². The molecule has 2 aromatic rings. The van der Waals surface area contributed by atoms with E-state index in [0.29, 0.717) is 6.61 Å². The number of ether oxygens (including phenoxy) is 2. The molecule has 0 saturated carbocycles. The molecule has 0 unspecified atom stereocenters. The van der Waals surface area contributed by atoms with E-state index in [1.165, 1.54) is 0 Å². The zero-order chi connectivity index (χ0) is 19.2. The van der Waals surface area contributed by atoms with Crippen LogP contribution >= 0.6 is 0 Å². The number of nitrogens with one attached hydrogen (secondary N) is 1. The fraction of sp³-hybridized carbons (Fsp3) is 0.409. The van der Waals surface area contributed by atoms with Crippen LogP contribution in [0.2, 0.25) is 0 Å². The molecule has 27 heavy (non-hydrogen) atoms. The van der Waals surface area contributed by atoms with Crippen molar-refractivity contribution in [3.8, 4) is 11.5 Å². The Labute approximate surface area is 161 Å². The molecule has 144 valence electrons. The Kier molecular flexibility index (Phi) is 6.22. The predicted octanol–water partition coefficient (Wildman–Crippen LogP) is 3.67. The van der Waals surface area contributed by atoms with Crippen LogP contribution in [0.3, 0.4) is 0 Å². The van der Waals surface area contributed by atoms with Gasteiger partial charge in [0.1, 0.15) is 18.1 Å². The molecule has 2 aromatic carbocycles. The number of nitrogens with zero attached hydrogens (tertiary/aromatic N) is 1. The van der Waals surface area contributed by atoms with E-state index in [4.69, 9.17) is 9.47 Å². The van der Waals surface area contributed by atoms with Gasteiger partial charge in [-0.25, -0.2) is 0 Å². The van der Waals surface area contributed by atoms with Gasteiger partial charge in [0.15, 0.2) is 0 Å². The smallest absolute Gasteiger partial charge is 0.251 e. The highest BCUT2D eigenvalue weighted by Gasteiger charge is 2.22. The van der Waals surface area contributed by atoms with Gasteiger partial charge in [0.25, 0.3) is 5.91 Å². The Bertz CT molecular complexity index is 772. The van der Waals surface area contributed by atoms with Crippen molar-refractivity contribution in [2.45, 2.75) is 32.7 Å². The summed E-state index contributed by atoms with van der Waals surface area (Å²) >= 11 is 0. The lowest BCUT2D eigenvalue weighted by Gasteiger charge is -2.32. The Balaban J connectivity index is 1.66. The van der Waals surface area contributed by atoms with Gasteiger partial charge >= 0.3 is 0 Å². The van der Waals surface area contributed by atoms with E-state index in [9.17, 15) is 4.79 Å². The largest absolute Gasteiger partial charge is 0.497 e. The second kappa shape index (κ2) is 8.80. The van der Waals surface area contributed by atoms with Crippen LogP contribution in [0.5, 0.6) is 11.5 Å². The monoisotopic (exact) mass is 368 g/mol. The van der Waals surface area contributed by atoms with E-state index < -0.39 is 0 Å². The van der Waals surface area contributed by atoms with Crippen molar-refractivity contribution < 1.29 is 14.3 Å². The van der Waals surface area contributed by atoms with Crippen molar-refractivity contribution in [1.82, 2.24) is 5.32 Å². The van der Waals surface area contributed by atoms with E-state index >= 15 is 0 Å². The SMILES string of the molecule is COc1ccc(OCCN2CCCc3c(C(=O)NC(C)C)cccc32)cc1. The van der Waals surface area contributed by atoms with E-state index in [-0.39, 0.29) is 11.9 Å². The molecule has 0 spiro atoms. The number of benzene rings is 2. The molecule has 1 amide bonds. The Morgan fingerprint density at radius 1 is 1.15 bits per heavy atom. The van der Waals surface area contributed by atoms with E-state index in [1.54, 1.807) is 7.11 Å². The van der Waals surface area contributed by atoms with Crippen LogP contribution in [-0.2, 0) is 6.42 Å². The molecule has 0 aromatic heterocycles. The van der Waals surface area contributed by atoms with Crippen LogP contribution in [0.25, 0.3) is 0 Å². The van der Waals surface area contributed by atoms with Gasteiger partial charge in [-0.15, -0.1) is 0 Å². The molecule has 5 heteroatoms. The van der Waals surface area contributed by atoms with Gasteiger partial charge in [0.2, 0.25) is 0 Å². The highest BCUT2D eigenvalue weighted by molar-refractivity contribution is 5.97. The maximum atomic E-state index is 12.5. The van der Waals surface area contributed by atoms with Crippen LogP contribution in [-0.4, -0.2) is 38.8 Å². The maximum Gasteiger partial charge on any atom is 0.251 e. The molecule has 0 radical (unpaired) electrons. The number of amides is 1. The summed E-state index contributed by atoms with van der Waals surface area (Å²) in [6.45, 7) is 6.32. The van der Waals surface area contributed by atoms with E-state index in [0.717, 1.165) is 54.2 Å². The molecule has 3 rings (SSSR count). The third kappa shape index (κ3) is 4.73. The summed E-state index contributed by atoms with van der Waals surface area (Å²) in [6.07, 6.45) is 1.98. The lowest BCUT2D eigenvalue weighted by Crippen LogP contribution is -2.35. The molecule has 0 aliphatic carbocycles. The number of carbonyl (C=O) groups excluding carboxylic acids is 1. The molecule has 1 N–H and O–H groups in total. The van der Waals surface area contributed by atoms with Gasteiger partial charge in [0.05, 0.1) is 13.7 Å². The zero-order valence-electron chi connectivity index (χ0n) is 16.3. The highest BCUT2D eigenvalue weighted by atomic mass is 16.5. The zero-order valence-corrected chi connectivity index (χ0v) is 16.3. The van der Waals surface area contributed by atoms with Crippen molar-refractivity contribution in [2.75, 3.05) is 31.7 Å². The molecule has 1 aliphatic heterocycles. The first-order valence-electron chi connectivity index (χ1n) is 9.53. The fourth-order valence-corrected chi connectivity index (χ4v) is 3.43. The number of fused-ring (bicyclic) bond motifs is 1. The van der Waals surface area contributed by atoms with Crippen molar-refractivity contribution in [2.24, 2.45) is 0 Å². The number of rotatable bonds is 7. The van der Waals surface area contributed by atoms with Gasteiger partial charge in [0, 0.05) is 23.8 Å². The van der Waals surface area contributed by atoms with Crippen molar-refractivity contribution >= 4 is 11.6 Å². The standard InChI is InChI=1S/C22H28N2O3/c1-16(2)23-22(25)20-6-4-8-21-19(20)7-5-13-24(21)14-15-27-18-11-9-17(26-3)10-12-18/h4,6,8-12,16H,5,7,13-15H2,1-3H3,(H,23,25). The minimum Gasteiger partial charge on any atom is -0.497 e.